The minimum absolute atomic E-state index is 0.140. The predicted molar refractivity (Wildman–Crippen MR) is 64.0 cm³/mol. The molecule has 2 N–H and O–H groups in total. The molecule has 0 saturated heterocycles. The first kappa shape index (κ1) is 12.2. The number of rotatable bonds is 4. The Kier molecular flexibility index (Phi) is 4.30. The van der Waals surface area contributed by atoms with E-state index in [1.165, 1.54) is 16.7 Å². The van der Waals surface area contributed by atoms with Crippen molar-refractivity contribution in [3.8, 4) is 0 Å². The van der Waals surface area contributed by atoms with E-state index in [0.717, 1.165) is 0 Å². The molecule has 15 heavy (non-hydrogen) atoms. The molecule has 0 heterocycles. The summed E-state index contributed by atoms with van der Waals surface area (Å²) < 4.78 is 0. The van der Waals surface area contributed by atoms with Crippen LogP contribution in [0.1, 0.15) is 36.6 Å². The van der Waals surface area contributed by atoms with Crippen LogP contribution >= 0.6 is 0 Å². The zero-order valence-electron chi connectivity index (χ0n) is 10.0. The Hall–Kier alpha value is -0.860. The summed E-state index contributed by atoms with van der Waals surface area (Å²) in [5.41, 5.74) is 3.91. The quantitative estimate of drug-likeness (QED) is 0.794. The van der Waals surface area contributed by atoms with Crippen molar-refractivity contribution in [1.29, 1.82) is 0 Å². The maximum atomic E-state index is 8.97. The van der Waals surface area contributed by atoms with Crippen molar-refractivity contribution in [3.05, 3.63) is 34.9 Å². The highest BCUT2D eigenvalue weighted by atomic mass is 16.3. The lowest BCUT2D eigenvalue weighted by Gasteiger charge is -2.19. The van der Waals surface area contributed by atoms with Crippen LogP contribution in [0.5, 0.6) is 0 Å². The molecule has 0 aromatic heterocycles. The first-order chi connectivity index (χ1) is 7.04. The summed E-state index contributed by atoms with van der Waals surface area (Å²) >= 11 is 0. The highest BCUT2D eigenvalue weighted by molar-refractivity contribution is 5.31. The van der Waals surface area contributed by atoms with Gasteiger partial charge < -0.3 is 10.4 Å². The molecule has 84 valence electrons. The van der Waals surface area contributed by atoms with Crippen LogP contribution in [0.3, 0.4) is 0 Å². The minimum Gasteiger partial charge on any atom is -0.395 e. The summed E-state index contributed by atoms with van der Waals surface area (Å²) in [6, 6.07) is 6.92. The van der Waals surface area contributed by atoms with E-state index in [2.05, 4.69) is 44.3 Å². The van der Waals surface area contributed by atoms with Gasteiger partial charge in [-0.3, -0.25) is 0 Å². The zero-order valence-corrected chi connectivity index (χ0v) is 10.0. The highest BCUT2D eigenvalue weighted by Crippen LogP contribution is 2.17. The van der Waals surface area contributed by atoms with Crippen LogP contribution in [-0.2, 0) is 0 Å². The van der Waals surface area contributed by atoms with Crippen molar-refractivity contribution in [2.75, 3.05) is 6.61 Å². The molecule has 1 rings (SSSR count). The third-order valence-electron chi connectivity index (χ3n) is 2.84. The molecule has 2 nitrogen and oxygen atoms in total. The average molecular weight is 207 g/mol. The van der Waals surface area contributed by atoms with Crippen molar-refractivity contribution < 1.29 is 5.11 Å². The van der Waals surface area contributed by atoms with Crippen LogP contribution in [0.15, 0.2) is 18.2 Å². The SMILES string of the molecule is Cc1ccc([C@@H](C)N[C@@H](C)CO)cc1C. The molecule has 0 saturated carbocycles. The van der Waals surface area contributed by atoms with Gasteiger partial charge in [0.05, 0.1) is 6.61 Å². The fraction of sp³-hybridized carbons (Fsp3) is 0.538. The van der Waals surface area contributed by atoms with Gasteiger partial charge in [-0.1, -0.05) is 18.2 Å². The van der Waals surface area contributed by atoms with E-state index < -0.39 is 0 Å². The molecular weight excluding hydrogens is 186 g/mol. The van der Waals surface area contributed by atoms with Gasteiger partial charge in [-0.05, 0) is 44.4 Å². The molecule has 0 spiro atoms. The van der Waals surface area contributed by atoms with E-state index in [1.54, 1.807) is 0 Å². The van der Waals surface area contributed by atoms with Gasteiger partial charge in [0, 0.05) is 12.1 Å². The van der Waals surface area contributed by atoms with E-state index in [0.29, 0.717) is 0 Å². The van der Waals surface area contributed by atoms with Crippen LogP contribution < -0.4 is 5.32 Å². The third kappa shape index (κ3) is 3.33. The van der Waals surface area contributed by atoms with Crippen molar-refractivity contribution in [2.24, 2.45) is 0 Å². The summed E-state index contributed by atoms with van der Waals surface area (Å²) in [4.78, 5) is 0. The molecule has 0 amide bonds. The largest absolute Gasteiger partial charge is 0.395 e. The molecule has 0 bridgehead atoms. The van der Waals surface area contributed by atoms with Gasteiger partial charge in [0.25, 0.3) is 0 Å². The summed E-state index contributed by atoms with van der Waals surface area (Å²) in [7, 11) is 0. The second kappa shape index (κ2) is 5.29. The molecular formula is C13H21NO. The van der Waals surface area contributed by atoms with Gasteiger partial charge in [0.15, 0.2) is 0 Å². The van der Waals surface area contributed by atoms with Gasteiger partial charge in [-0.2, -0.15) is 0 Å². The summed E-state index contributed by atoms with van der Waals surface area (Å²) in [5, 5.41) is 12.3. The zero-order chi connectivity index (χ0) is 11.4. The molecule has 2 atom stereocenters. The Labute approximate surface area is 92.3 Å². The van der Waals surface area contributed by atoms with E-state index >= 15 is 0 Å². The molecule has 0 fully saturated rings. The lowest BCUT2D eigenvalue weighted by molar-refractivity contribution is 0.243. The molecule has 0 radical (unpaired) electrons. The second-order valence-electron chi connectivity index (χ2n) is 4.32. The number of hydrogen-bond acceptors (Lipinski definition) is 2. The number of hydrogen-bond donors (Lipinski definition) is 2. The molecule has 0 unspecified atom stereocenters. The Balaban J connectivity index is 2.73. The van der Waals surface area contributed by atoms with Crippen LogP contribution in [0.4, 0.5) is 0 Å². The fourth-order valence-corrected chi connectivity index (χ4v) is 1.61. The Bertz CT molecular complexity index is 322. The number of aryl methyl sites for hydroxylation is 2. The molecule has 0 aliphatic rings. The molecule has 1 aromatic carbocycles. The van der Waals surface area contributed by atoms with Gasteiger partial charge in [0.1, 0.15) is 0 Å². The van der Waals surface area contributed by atoms with Gasteiger partial charge in [0.2, 0.25) is 0 Å². The van der Waals surface area contributed by atoms with Gasteiger partial charge in [-0.15, -0.1) is 0 Å². The third-order valence-corrected chi connectivity index (χ3v) is 2.84. The first-order valence-corrected chi connectivity index (χ1v) is 5.48. The maximum Gasteiger partial charge on any atom is 0.0582 e. The minimum atomic E-state index is 0.140. The smallest absolute Gasteiger partial charge is 0.0582 e. The van der Waals surface area contributed by atoms with Crippen molar-refractivity contribution in [2.45, 2.75) is 39.8 Å². The molecule has 0 aliphatic heterocycles. The van der Waals surface area contributed by atoms with Crippen LogP contribution in [-0.4, -0.2) is 17.8 Å². The number of aliphatic hydroxyl groups excluding tert-OH is 1. The molecule has 0 aliphatic carbocycles. The summed E-state index contributed by atoms with van der Waals surface area (Å²) in [6.45, 7) is 8.53. The lowest BCUT2D eigenvalue weighted by atomic mass is 10.0. The van der Waals surface area contributed by atoms with Crippen molar-refractivity contribution in [3.63, 3.8) is 0 Å². The van der Waals surface area contributed by atoms with E-state index in [1.807, 2.05) is 6.92 Å². The summed E-state index contributed by atoms with van der Waals surface area (Å²) in [6.07, 6.45) is 0. The topological polar surface area (TPSA) is 32.3 Å². The standard InChI is InChI=1S/C13H21NO/c1-9-5-6-13(7-10(9)2)12(4)14-11(3)8-15/h5-7,11-12,14-15H,8H2,1-4H3/t11-,12+/m0/s1. The van der Waals surface area contributed by atoms with Crippen molar-refractivity contribution in [1.82, 2.24) is 5.32 Å². The fourth-order valence-electron chi connectivity index (χ4n) is 1.61. The number of nitrogens with one attached hydrogen (secondary N) is 1. The van der Waals surface area contributed by atoms with Crippen LogP contribution in [0.2, 0.25) is 0 Å². The lowest BCUT2D eigenvalue weighted by Crippen LogP contribution is -2.31. The summed E-state index contributed by atoms with van der Waals surface area (Å²) in [5.74, 6) is 0. The molecule has 1 aromatic rings. The Morgan fingerprint density at radius 3 is 2.40 bits per heavy atom. The normalized spacial score (nSPS) is 15.0. The molecule has 2 heteroatoms. The van der Waals surface area contributed by atoms with E-state index in [-0.39, 0.29) is 18.7 Å². The average Bonchev–Trinajstić information content (AvgIpc) is 2.21. The van der Waals surface area contributed by atoms with Crippen LogP contribution in [0.25, 0.3) is 0 Å². The van der Waals surface area contributed by atoms with Crippen LogP contribution in [0, 0.1) is 13.8 Å². The van der Waals surface area contributed by atoms with Gasteiger partial charge in [-0.25, -0.2) is 0 Å². The van der Waals surface area contributed by atoms with Crippen molar-refractivity contribution >= 4 is 0 Å². The highest BCUT2D eigenvalue weighted by Gasteiger charge is 2.08. The van der Waals surface area contributed by atoms with E-state index in [4.69, 9.17) is 5.11 Å². The number of aliphatic hydroxyl groups is 1. The second-order valence-corrected chi connectivity index (χ2v) is 4.32. The Morgan fingerprint density at radius 2 is 1.87 bits per heavy atom. The predicted octanol–water partition coefficient (Wildman–Crippen LogP) is 2.33. The van der Waals surface area contributed by atoms with E-state index in [9.17, 15) is 0 Å². The maximum absolute atomic E-state index is 8.97. The monoisotopic (exact) mass is 207 g/mol. The first-order valence-electron chi connectivity index (χ1n) is 5.48. The number of benzene rings is 1. The van der Waals surface area contributed by atoms with Gasteiger partial charge >= 0.3 is 0 Å². The Morgan fingerprint density at radius 1 is 1.20 bits per heavy atom.